The molecule has 0 N–H and O–H groups in total. The minimum atomic E-state index is -0.128. The second-order valence-electron chi connectivity index (χ2n) is 6.20. The van der Waals surface area contributed by atoms with Gasteiger partial charge in [-0.15, -0.1) is 0 Å². The van der Waals surface area contributed by atoms with E-state index in [1.165, 1.54) is 35.5 Å². The molecule has 0 atom stereocenters. The summed E-state index contributed by atoms with van der Waals surface area (Å²) in [6.45, 7) is 2.33. The Bertz CT molecular complexity index is 857. The monoisotopic (exact) mass is 419 g/mol. The molecule has 0 bridgehead atoms. The van der Waals surface area contributed by atoms with E-state index >= 15 is 0 Å². The Morgan fingerprint density at radius 1 is 0.733 bits per heavy atom. The summed E-state index contributed by atoms with van der Waals surface area (Å²) in [6.07, 6.45) is 0.127. The van der Waals surface area contributed by atoms with E-state index in [0.29, 0.717) is 46.7 Å². The number of likely N-dealkylation sites (N-methyl/N-ethyl adjacent to an activating group) is 1. The fourth-order valence-electron chi connectivity index (χ4n) is 3.29. The van der Waals surface area contributed by atoms with Crippen LogP contribution in [0.3, 0.4) is 0 Å². The lowest BCUT2D eigenvalue weighted by Gasteiger charge is -2.25. The summed E-state index contributed by atoms with van der Waals surface area (Å²) in [7, 11) is 9.21. The third-order valence-corrected chi connectivity index (χ3v) is 4.67. The molecule has 0 aromatic heterocycles. The predicted molar refractivity (Wildman–Crippen MR) is 114 cm³/mol. The lowest BCUT2D eigenvalue weighted by atomic mass is 10.1. The molecule has 164 valence electrons. The standard InChI is InChI=1S/C22H29NO7/c1-8-23(15-9-10-16(25-2)22(30-7)20(15)28-5)19(24)13-14-11-17(26-3)21(29-6)18(12-14)27-4/h9-12H,8,13H2,1-7H3. The second kappa shape index (κ2) is 10.5. The first-order chi connectivity index (χ1) is 14.5. The molecule has 0 saturated carbocycles. The van der Waals surface area contributed by atoms with Crippen molar-refractivity contribution >= 4 is 11.6 Å². The van der Waals surface area contributed by atoms with Crippen LogP contribution in [0, 0.1) is 0 Å². The van der Waals surface area contributed by atoms with Crippen LogP contribution in [0.4, 0.5) is 5.69 Å². The number of rotatable bonds is 10. The largest absolute Gasteiger partial charge is 0.493 e. The molecule has 0 radical (unpaired) electrons. The number of amides is 1. The van der Waals surface area contributed by atoms with Crippen LogP contribution < -0.4 is 33.3 Å². The lowest BCUT2D eigenvalue weighted by Crippen LogP contribution is -2.32. The second-order valence-corrected chi connectivity index (χ2v) is 6.20. The smallest absolute Gasteiger partial charge is 0.231 e. The molecule has 0 aliphatic carbocycles. The molecule has 1 amide bonds. The maximum absolute atomic E-state index is 13.2. The fraction of sp³-hybridized carbons (Fsp3) is 0.409. The van der Waals surface area contributed by atoms with Gasteiger partial charge in [-0.05, 0) is 36.8 Å². The van der Waals surface area contributed by atoms with Crippen LogP contribution >= 0.6 is 0 Å². The SMILES string of the molecule is CCN(C(=O)Cc1cc(OC)c(OC)c(OC)c1)c1ccc(OC)c(OC)c1OC. The summed E-state index contributed by atoms with van der Waals surface area (Å²) >= 11 is 0. The van der Waals surface area contributed by atoms with Crippen molar-refractivity contribution in [2.24, 2.45) is 0 Å². The van der Waals surface area contributed by atoms with E-state index in [0.717, 1.165) is 5.56 Å². The van der Waals surface area contributed by atoms with E-state index in [-0.39, 0.29) is 12.3 Å². The highest BCUT2D eigenvalue weighted by Gasteiger charge is 2.24. The first-order valence-corrected chi connectivity index (χ1v) is 9.37. The van der Waals surface area contributed by atoms with Crippen LogP contribution in [0.15, 0.2) is 24.3 Å². The molecule has 0 aliphatic heterocycles. The summed E-state index contributed by atoms with van der Waals surface area (Å²) in [5.41, 5.74) is 1.32. The van der Waals surface area contributed by atoms with Crippen molar-refractivity contribution in [1.82, 2.24) is 0 Å². The van der Waals surface area contributed by atoms with Crippen LogP contribution in [0.1, 0.15) is 12.5 Å². The normalized spacial score (nSPS) is 10.2. The van der Waals surface area contributed by atoms with Gasteiger partial charge in [0.15, 0.2) is 23.0 Å². The number of carbonyl (C=O) groups is 1. The van der Waals surface area contributed by atoms with E-state index in [1.54, 1.807) is 36.3 Å². The molecule has 0 heterocycles. The molecular weight excluding hydrogens is 390 g/mol. The van der Waals surface area contributed by atoms with Crippen molar-refractivity contribution in [3.05, 3.63) is 29.8 Å². The van der Waals surface area contributed by atoms with Gasteiger partial charge in [-0.3, -0.25) is 4.79 Å². The maximum Gasteiger partial charge on any atom is 0.231 e. The van der Waals surface area contributed by atoms with Gasteiger partial charge < -0.3 is 33.3 Å². The Morgan fingerprint density at radius 3 is 1.70 bits per heavy atom. The van der Waals surface area contributed by atoms with Crippen molar-refractivity contribution in [1.29, 1.82) is 0 Å². The molecule has 0 unspecified atom stereocenters. The average molecular weight is 419 g/mol. The minimum absolute atomic E-state index is 0.127. The van der Waals surface area contributed by atoms with Crippen LogP contribution in [-0.2, 0) is 11.2 Å². The van der Waals surface area contributed by atoms with Crippen molar-refractivity contribution in [2.75, 3.05) is 54.1 Å². The zero-order valence-electron chi connectivity index (χ0n) is 18.5. The van der Waals surface area contributed by atoms with Crippen molar-refractivity contribution < 1.29 is 33.2 Å². The van der Waals surface area contributed by atoms with E-state index in [1.807, 2.05) is 6.92 Å². The molecule has 2 aromatic carbocycles. The highest BCUT2D eigenvalue weighted by Crippen LogP contribution is 2.44. The van der Waals surface area contributed by atoms with Crippen molar-refractivity contribution in [3.8, 4) is 34.5 Å². The fourth-order valence-corrected chi connectivity index (χ4v) is 3.29. The zero-order chi connectivity index (χ0) is 22.3. The number of hydrogen-bond acceptors (Lipinski definition) is 7. The first kappa shape index (κ1) is 23.0. The van der Waals surface area contributed by atoms with Gasteiger partial charge in [0, 0.05) is 6.54 Å². The van der Waals surface area contributed by atoms with Gasteiger partial charge >= 0.3 is 0 Å². The van der Waals surface area contributed by atoms with Gasteiger partial charge in [0.25, 0.3) is 0 Å². The van der Waals surface area contributed by atoms with E-state index in [4.69, 9.17) is 28.4 Å². The van der Waals surface area contributed by atoms with Gasteiger partial charge in [0.05, 0.1) is 54.8 Å². The number of hydrogen-bond donors (Lipinski definition) is 0. The Labute approximate surface area is 177 Å². The quantitative estimate of drug-likeness (QED) is 0.585. The Morgan fingerprint density at radius 2 is 1.27 bits per heavy atom. The Balaban J connectivity index is 2.43. The molecular formula is C22H29NO7. The average Bonchev–Trinajstić information content (AvgIpc) is 2.77. The molecule has 0 aliphatic rings. The summed E-state index contributed by atoms with van der Waals surface area (Å²) in [5.74, 6) is 2.71. The molecule has 8 heteroatoms. The topological polar surface area (TPSA) is 75.7 Å². The molecule has 0 spiro atoms. The van der Waals surface area contributed by atoms with Crippen LogP contribution in [0.5, 0.6) is 34.5 Å². The molecule has 30 heavy (non-hydrogen) atoms. The molecule has 2 aromatic rings. The van der Waals surface area contributed by atoms with Crippen molar-refractivity contribution in [2.45, 2.75) is 13.3 Å². The van der Waals surface area contributed by atoms with Crippen LogP contribution in [-0.4, -0.2) is 55.1 Å². The lowest BCUT2D eigenvalue weighted by molar-refractivity contribution is -0.117. The number of methoxy groups -OCH3 is 6. The van der Waals surface area contributed by atoms with Crippen LogP contribution in [0.25, 0.3) is 0 Å². The Hall–Kier alpha value is -3.29. The number of anilines is 1. The molecule has 2 rings (SSSR count). The third-order valence-electron chi connectivity index (χ3n) is 4.67. The zero-order valence-corrected chi connectivity index (χ0v) is 18.5. The summed E-state index contributed by atoms with van der Waals surface area (Å²) < 4.78 is 32.4. The van der Waals surface area contributed by atoms with Gasteiger partial charge in [-0.1, -0.05) is 0 Å². The summed E-state index contributed by atoms with van der Waals surface area (Å²) in [5, 5.41) is 0. The van der Waals surface area contributed by atoms with E-state index < -0.39 is 0 Å². The summed E-state index contributed by atoms with van der Waals surface area (Å²) in [4.78, 5) is 14.8. The number of nitrogens with zero attached hydrogens (tertiary/aromatic N) is 1. The van der Waals surface area contributed by atoms with Gasteiger partial charge in [-0.2, -0.15) is 0 Å². The van der Waals surface area contributed by atoms with Crippen LogP contribution in [0.2, 0.25) is 0 Å². The Kier molecular flexibility index (Phi) is 8.03. The van der Waals surface area contributed by atoms with Gasteiger partial charge in [-0.25, -0.2) is 0 Å². The van der Waals surface area contributed by atoms with Crippen molar-refractivity contribution in [3.63, 3.8) is 0 Å². The number of ether oxygens (including phenoxy) is 6. The van der Waals surface area contributed by atoms with E-state index in [9.17, 15) is 4.79 Å². The first-order valence-electron chi connectivity index (χ1n) is 9.37. The molecule has 0 saturated heterocycles. The maximum atomic E-state index is 13.2. The van der Waals surface area contributed by atoms with Gasteiger partial charge in [0.2, 0.25) is 17.4 Å². The predicted octanol–water partition coefficient (Wildman–Crippen LogP) is 3.33. The molecule has 8 nitrogen and oxygen atoms in total. The van der Waals surface area contributed by atoms with E-state index in [2.05, 4.69) is 0 Å². The third kappa shape index (κ3) is 4.48. The highest BCUT2D eigenvalue weighted by atomic mass is 16.5. The number of benzene rings is 2. The number of carbonyl (C=O) groups excluding carboxylic acids is 1. The summed E-state index contributed by atoms with van der Waals surface area (Å²) in [6, 6.07) is 7.04. The van der Waals surface area contributed by atoms with Gasteiger partial charge in [0.1, 0.15) is 0 Å². The molecule has 0 fully saturated rings. The minimum Gasteiger partial charge on any atom is -0.493 e. The highest BCUT2D eigenvalue weighted by molar-refractivity contribution is 5.97.